The Balaban J connectivity index is 1.80. The lowest BCUT2D eigenvalue weighted by atomic mass is 10.1. The van der Waals surface area contributed by atoms with Crippen molar-refractivity contribution in [1.29, 1.82) is 0 Å². The predicted molar refractivity (Wildman–Crippen MR) is 71.8 cm³/mol. The highest BCUT2D eigenvalue weighted by atomic mass is 32.1. The molecular formula is C13H13N3OS. The minimum absolute atomic E-state index is 0.283. The van der Waals surface area contributed by atoms with Crippen molar-refractivity contribution in [3.05, 3.63) is 29.6 Å². The monoisotopic (exact) mass is 259 g/mol. The number of ketones is 1. The van der Waals surface area contributed by atoms with Gasteiger partial charge in [0.2, 0.25) is 0 Å². The lowest BCUT2D eigenvalue weighted by Gasteiger charge is -2.26. The van der Waals surface area contributed by atoms with Crippen molar-refractivity contribution in [2.75, 3.05) is 18.0 Å². The molecule has 1 fully saturated rings. The highest BCUT2D eigenvalue weighted by Gasteiger charge is 2.18. The van der Waals surface area contributed by atoms with Gasteiger partial charge in [-0.1, -0.05) is 6.07 Å². The van der Waals surface area contributed by atoms with Crippen LogP contribution in [0.15, 0.2) is 29.6 Å². The van der Waals surface area contributed by atoms with Crippen molar-refractivity contribution in [2.24, 2.45) is 0 Å². The number of aromatic nitrogens is 2. The molecule has 0 atom stereocenters. The lowest BCUT2D eigenvalue weighted by Crippen LogP contribution is -2.36. The summed E-state index contributed by atoms with van der Waals surface area (Å²) in [6.45, 7) is 1.35. The van der Waals surface area contributed by atoms with Crippen molar-refractivity contribution in [3.8, 4) is 10.6 Å². The third-order valence-electron chi connectivity index (χ3n) is 3.00. The summed E-state index contributed by atoms with van der Waals surface area (Å²) >= 11 is 1.65. The summed E-state index contributed by atoms with van der Waals surface area (Å²) in [6.07, 6.45) is 1.60. The van der Waals surface area contributed by atoms with Gasteiger partial charge >= 0.3 is 0 Å². The van der Waals surface area contributed by atoms with E-state index >= 15 is 0 Å². The van der Waals surface area contributed by atoms with E-state index in [1.807, 2.05) is 34.5 Å². The molecule has 0 N–H and O–H groups in total. The zero-order valence-electron chi connectivity index (χ0n) is 9.87. The molecule has 0 aromatic carbocycles. The quantitative estimate of drug-likeness (QED) is 0.830. The molecule has 0 amide bonds. The van der Waals surface area contributed by atoms with E-state index in [4.69, 9.17) is 0 Å². The minimum Gasteiger partial charge on any atom is -0.348 e. The van der Waals surface area contributed by atoms with Crippen molar-refractivity contribution in [3.63, 3.8) is 0 Å². The number of rotatable bonds is 2. The van der Waals surface area contributed by atoms with E-state index in [9.17, 15) is 4.79 Å². The number of carbonyl (C=O) groups excluding carboxylic acids is 1. The van der Waals surface area contributed by atoms with Gasteiger partial charge in [-0.05, 0) is 30.0 Å². The molecule has 4 nitrogen and oxygen atoms in total. The molecule has 2 aromatic rings. The first-order valence-electron chi connectivity index (χ1n) is 5.97. The second-order valence-corrected chi connectivity index (χ2v) is 5.27. The van der Waals surface area contributed by atoms with E-state index in [-0.39, 0.29) is 5.78 Å². The highest BCUT2D eigenvalue weighted by Crippen LogP contribution is 2.23. The van der Waals surface area contributed by atoms with E-state index in [0.29, 0.717) is 13.0 Å². The van der Waals surface area contributed by atoms with Crippen LogP contribution in [-0.4, -0.2) is 29.1 Å². The highest BCUT2D eigenvalue weighted by molar-refractivity contribution is 7.13. The molecular weight excluding hydrogens is 246 g/mol. The summed E-state index contributed by atoms with van der Waals surface area (Å²) in [5.41, 5.74) is 0.886. The van der Waals surface area contributed by atoms with Crippen LogP contribution in [0.2, 0.25) is 0 Å². The Bertz CT molecular complexity index is 536. The van der Waals surface area contributed by atoms with E-state index < -0.39 is 0 Å². The predicted octanol–water partition coefficient (Wildman–Crippen LogP) is 2.37. The van der Waals surface area contributed by atoms with Gasteiger partial charge in [-0.15, -0.1) is 21.5 Å². The molecule has 1 aliphatic rings. The Morgan fingerprint density at radius 2 is 2.17 bits per heavy atom. The standard InChI is InChI=1S/C13H13N3OS/c17-10-3-1-7-16(9-10)13-6-5-11(14-15-13)12-4-2-8-18-12/h2,4-6,8H,1,3,7,9H2. The van der Waals surface area contributed by atoms with Crippen LogP contribution in [0.1, 0.15) is 12.8 Å². The molecule has 0 saturated carbocycles. The molecule has 0 unspecified atom stereocenters. The van der Waals surface area contributed by atoms with Crippen LogP contribution in [-0.2, 0) is 4.79 Å². The zero-order chi connectivity index (χ0) is 12.4. The topological polar surface area (TPSA) is 46.1 Å². The summed E-state index contributed by atoms with van der Waals surface area (Å²) in [4.78, 5) is 14.5. The number of anilines is 1. The smallest absolute Gasteiger partial charge is 0.152 e. The molecule has 0 spiro atoms. The van der Waals surface area contributed by atoms with Crippen LogP contribution in [0.25, 0.3) is 10.6 Å². The summed E-state index contributed by atoms with van der Waals surface area (Å²) < 4.78 is 0. The molecule has 3 heterocycles. The Kier molecular flexibility index (Phi) is 3.06. The average molecular weight is 259 g/mol. The van der Waals surface area contributed by atoms with Crippen molar-refractivity contribution < 1.29 is 4.79 Å². The van der Waals surface area contributed by atoms with Crippen molar-refractivity contribution >= 4 is 22.9 Å². The van der Waals surface area contributed by atoms with Crippen LogP contribution >= 0.6 is 11.3 Å². The first kappa shape index (κ1) is 11.3. The molecule has 0 aliphatic carbocycles. The van der Waals surface area contributed by atoms with Gasteiger partial charge in [-0.25, -0.2) is 0 Å². The second kappa shape index (κ2) is 4.86. The molecule has 0 radical (unpaired) electrons. The third-order valence-corrected chi connectivity index (χ3v) is 3.89. The number of hydrogen-bond donors (Lipinski definition) is 0. The van der Waals surface area contributed by atoms with Gasteiger partial charge in [0.05, 0.1) is 11.4 Å². The summed E-state index contributed by atoms with van der Waals surface area (Å²) in [6, 6.07) is 7.94. The molecule has 1 aliphatic heterocycles. The molecule has 92 valence electrons. The van der Waals surface area contributed by atoms with E-state index in [2.05, 4.69) is 10.2 Å². The minimum atomic E-state index is 0.283. The maximum Gasteiger partial charge on any atom is 0.152 e. The molecule has 1 saturated heterocycles. The van der Waals surface area contributed by atoms with E-state index in [1.54, 1.807) is 11.3 Å². The second-order valence-electron chi connectivity index (χ2n) is 4.32. The first-order valence-corrected chi connectivity index (χ1v) is 6.85. The average Bonchev–Trinajstić information content (AvgIpc) is 2.93. The van der Waals surface area contributed by atoms with E-state index in [1.165, 1.54) is 0 Å². The van der Waals surface area contributed by atoms with E-state index in [0.717, 1.165) is 29.4 Å². The molecule has 5 heteroatoms. The van der Waals surface area contributed by atoms with Gasteiger partial charge in [-0.2, -0.15) is 0 Å². The maximum atomic E-state index is 11.4. The molecule has 2 aromatic heterocycles. The van der Waals surface area contributed by atoms with Crippen molar-refractivity contribution in [2.45, 2.75) is 12.8 Å². The van der Waals surface area contributed by atoms with Gasteiger partial charge in [0.1, 0.15) is 5.69 Å². The number of hydrogen-bond acceptors (Lipinski definition) is 5. The van der Waals surface area contributed by atoms with Crippen molar-refractivity contribution in [1.82, 2.24) is 10.2 Å². The van der Waals surface area contributed by atoms with Crippen LogP contribution in [0.5, 0.6) is 0 Å². The number of thiophene rings is 1. The van der Waals surface area contributed by atoms with Crippen LogP contribution in [0, 0.1) is 0 Å². The van der Waals surface area contributed by atoms with Gasteiger partial charge in [-0.3, -0.25) is 4.79 Å². The largest absolute Gasteiger partial charge is 0.348 e. The van der Waals surface area contributed by atoms with Crippen LogP contribution in [0.3, 0.4) is 0 Å². The molecule has 0 bridgehead atoms. The Morgan fingerprint density at radius 3 is 2.83 bits per heavy atom. The summed E-state index contributed by atoms with van der Waals surface area (Å²) in [5, 5.41) is 10.5. The Labute approximate surface area is 109 Å². The zero-order valence-corrected chi connectivity index (χ0v) is 10.7. The van der Waals surface area contributed by atoms with Gasteiger partial charge < -0.3 is 4.90 Å². The van der Waals surface area contributed by atoms with Crippen LogP contribution in [0.4, 0.5) is 5.82 Å². The number of nitrogens with zero attached hydrogens (tertiary/aromatic N) is 3. The Hall–Kier alpha value is -1.75. The fourth-order valence-corrected chi connectivity index (χ4v) is 2.77. The summed E-state index contributed by atoms with van der Waals surface area (Å²) in [5.74, 6) is 1.08. The molecule has 3 rings (SSSR count). The molecule has 18 heavy (non-hydrogen) atoms. The fourth-order valence-electron chi connectivity index (χ4n) is 2.08. The van der Waals surface area contributed by atoms with Gasteiger partial charge in [0, 0.05) is 13.0 Å². The SMILES string of the molecule is O=C1CCCN(c2ccc(-c3cccs3)nn2)C1. The third kappa shape index (κ3) is 2.26. The fraction of sp³-hybridized carbons (Fsp3) is 0.308. The first-order chi connectivity index (χ1) is 8.83. The lowest BCUT2D eigenvalue weighted by molar-refractivity contribution is -0.118. The van der Waals surface area contributed by atoms with Gasteiger partial charge in [0.25, 0.3) is 0 Å². The summed E-state index contributed by atoms with van der Waals surface area (Å²) in [7, 11) is 0. The number of piperidine rings is 1. The normalized spacial score (nSPS) is 16.0. The maximum absolute atomic E-state index is 11.4. The van der Waals surface area contributed by atoms with Gasteiger partial charge in [0.15, 0.2) is 11.6 Å². The Morgan fingerprint density at radius 1 is 1.22 bits per heavy atom. The number of carbonyl (C=O) groups is 1. The number of Topliss-reactive ketones (excluding diaryl/α,β-unsaturated/α-hetero) is 1. The van der Waals surface area contributed by atoms with Crippen LogP contribution < -0.4 is 4.90 Å².